The minimum absolute atomic E-state index is 0.0555. The van der Waals surface area contributed by atoms with Crippen molar-refractivity contribution in [2.24, 2.45) is 5.92 Å². The number of benzene rings is 2. The molecule has 0 radical (unpaired) electrons. The standard InChI is InChI=1S/C34H43ClN4O8S2/c1-21(2)31(33(42)37-25(19-29(35)48(7,43)44)20-30(40)47-34(4,5)6)38-32(41)28(39-49(45,46)26-16-12-22(3)13-17-26)18-24-15-14-23-10-8-9-11-27(23)36-24/h8-17,19,21,25,28,31,39H,18,20H2,1-7H3,(H,37,42)(H,38,41)/b29-19+/t25-,28+,31+/m1/s1. The van der Waals surface area contributed by atoms with Crippen LogP contribution in [-0.4, -0.2) is 69.6 Å². The van der Waals surface area contributed by atoms with Gasteiger partial charge in [-0.15, -0.1) is 0 Å². The molecule has 0 bridgehead atoms. The number of carbonyl (C=O) groups excluding carboxylic acids is 3. The van der Waals surface area contributed by atoms with Gasteiger partial charge < -0.3 is 15.4 Å². The van der Waals surface area contributed by atoms with Crippen LogP contribution in [0.25, 0.3) is 10.9 Å². The lowest BCUT2D eigenvalue weighted by atomic mass is 10.0. The molecule has 3 atom stereocenters. The molecule has 49 heavy (non-hydrogen) atoms. The topological polar surface area (TPSA) is 178 Å². The number of amides is 2. The van der Waals surface area contributed by atoms with Crippen molar-refractivity contribution in [1.29, 1.82) is 0 Å². The Morgan fingerprint density at radius 1 is 0.918 bits per heavy atom. The van der Waals surface area contributed by atoms with E-state index < -0.39 is 78.1 Å². The summed E-state index contributed by atoms with van der Waals surface area (Å²) < 4.78 is 58.2. The number of fused-ring (bicyclic) bond motifs is 1. The number of sulfone groups is 1. The summed E-state index contributed by atoms with van der Waals surface area (Å²) >= 11 is 5.98. The van der Waals surface area contributed by atoms with Gasteiger partial charge in [0.1, 0.15) is 22.0 Å². The number of para-hydroxylation sites is 1. The largest absolute Gasteiger partial charge is 0.460 e. The van der Waals surface area contributed by atoms with Crippen molar-refractivity contribution in [3.05, 3.63) is 82.4 Å². The third kappa shape index (κ3) is 12.2. The molecule has 2 aromatic carbocycles. The predicted octanol–water partition coefficient (Wildman–Crippen LogP) is 3.92. The molecule has 0 spiro atoms. The first-order chi connectivity index (χ1) is 22.6. The van der Waals surface area contributed by atoms with E-state index in [1.807, 2.05) is 31.2 Å². The quantitative estimate of drug-likeness (QED) is 0.207. The van der Waals surface area contributed by atoms with Gasteiger partial charge in [-0.25, -0.2) is 16.8 Å². The summed E-state index contributed by atoms with van der Waals surface area (Å²) in [6, 6.07) is 13.1. The highest BCUT2D eigenvalue weighted by atomic mass is 35.5. The van der Waals surface area contributed by atoms with Crippen LogP contribution in [0.15, 0.2) is 76.0 Å². The minimum Gasteiger partial charge on any atom is -0.460 e. The maximum Gasteiger partial charge on any atom is 0.308 e. The Morgan fingerprint density at radius 2 is 1.55 bits per heavy atom. The van der Waals surface area contributed by atoms with Gasteiger partial charge in [0.25, 0.3) is 0 Å². The fourth-order valence-corrected chi connectivity index (χ4v) is 6.41. The van der Waals surface area contributed by atoms with Gasteiger partial charge in [0.2, 0.25) is 21.8 Å². The number of ether oxygens (including phenoxy) is 1. The van der Waals surface area contributed by atoms with Gasteiger partial charge in [-0.1, -0.05) is 67.4 Å². The van der Waals surface area contributed by atoms with E-state index in [-0.39, 0.29) is 11.3 Å². The zero-order chi connectivity index (χ0) is 36.7. The molecular weight excluding hydrogens is 692 g/mol. The first kappa shape index (κ1) is 39.6. The molecule has 1 aromatic heterocycles. The van der Waals surface area contributed by atoms with Crippen molar-refractivity contribution >= 4 is 60.1 Å². The van der Waals surface area contributed by atoms with Crippen molar-refractivity contribution < 1.29 is 36.0 Å². The number of esters is 1. The number of rotatable bonds is 14. The first-order valence-corrected chi connectivity index (χ1v) is 19.2. The van der Waals surface area contributed by atoms with Crippen LogP contribution in [0.4, 0.5) is 0 Å². The molecule has 266 valence electrons. The number of nitrogens with one attached hydrogen (secondary N) is 3. The lowest BCUT2D eigenvalue weighted by Gasteiger charge is -2.27. The van der Waals surface area contributed by atoms with Gasteiger partial charge in [0, 0.05) is 23.8 Å². The Kier molecular flexibility index (Phi) is 13.1. The van der Waals surface area contributed by atoms with Crippen LogP contribution in [0.5, 0.6) is 0 Å². The maximum absolute atomic E-state index is 13.9. The number of aromatic nitrogens is 1. The van der Waals surface area contributed by atoms with Crippen LogP contribution < -0.4 is 15.4 Å². The van der Waals surface area contributed by atoms with Crippen molar-refractivity contribution in [1.82, 2.24) is 20.3 Å². The van der Waals surface area contributed by atoms with E-state index in [0.29, 0.717) is 11.2 Å². The molecule has 3 N–H and O–H groups in total. The predicted molar refractivity (Wildman–Crippen MR) is 189 cm³/mol. The Labute approximate surface area is 293 Å². The first-order valence-electron chi connectivity index (χ1n) is 15.5. The van der Waals surface area contributed by atoms with Crippen molar-refractivity contribution in [3.8, 4) is 0 Å². The molecule has 0 fully saturated rings. The number of nitrogens with zero attached hydrogens (tertiary/aromatic N) is 1. The van der Waals surface area contributed by atoms with Crippen LogP contribution in [0.2, 0.25) is 0 Å². The highest BCUT2D eigenvalue weighted by molar-refractivity contribution is 7.96. The Hall–Kier alpha value is -3.85. The number of carbonyl (C=O) groups is 3. The van der Waals surface area contributed by atoms with Gasteiger partial charge >= 0.3 is 5.97 Å². The van der Waals surface area contributed by atoms with E-state index in [9.17, 15) is 31.2 Å². The van der Waals surface area contributed by atoms with Gasteiger partial charge in [-0.05, 0) is 64.0 Å². The van der Waals surface area contributed by atoms with E-state index >= 15 is 0 Å². The highest BCUT2D eigenvalue weighted by Gasteiger charge is 2.33. The molecule has 0 aliphatic rings. The van der Waals surface area contributed by atoms with Gasteiger partial charge in [-0.3, -0.25) is 19.4 Å². The lowest BCUT2D eigenvalue weighted by Crippen LogP contribution is -2.57. The van der Waals surface area contributed by atoms with Crippen LogP contribution in [0, 0.1) is 12.8 Å². The average Bonchev–Trinajstić information content (AvgIpc) is 2.97. The fraction of sp³-hybridized carbons (Fsp3) is 0.412. The molecule has 2 amide bonds. The zero-order valence-electron chi connectivity index (χ0n) is 28.5. The summed E-state index contributed by atoms with van der Waals surface area (Å²) in [7, 11) is -8.08. The number of aryl methyl sites for hydroxylation is 1. The molecule has 0 saturated carbocycles. The van der Waals surface area contributed by atoms with Crippen molar-refractivity contribution in [2.75, 3.05) is 6.26 Å². The van der Waals surface area contributed by atoms with Crippen LogP contribution >= 0.6 is 11.6 Å². The smallest absolute Gasteiger partial charge is 0.308 e. The molecule has 0 aliphatic carbocycles. The monoisotopic (exact) mass is 734 g/mol. The zero-order valence-corrected chi connectivity index (χ0v) is 30.9. The van der Waals surface area contributed by atoms with Crippen molar-refractivity contribution in [2.45, 2.75) is 83.0 Å². The molecule has 0 saturated heterocycles. The second kappa shape index (κ2) is 16.2. The third-order valence-corrected chi connectivity index (χ3v) is 10.4. The second-order valence-electron chi connectivity index (χ2n) is 13.1. The fourth-order valence-electron chi connectivity index (χ4n) is 4.65. The molecule has 15 heteroatoms. The third-order valence-electron chi connectivity index (χ3n) is 7.08. The normalized spacial score (nSPS) is 14.6. The molecular formula is C34H43ClN4O8S2. The summed E-state index contributed by atoms with van der Waals surface area (Å²) in [5.41, 5.74) is 1.06. The van der Waals surface area contributed by atoms with Crippen molar-refractivity contribution in [3.63, 3.8) is 0 Å². The summed E-state index contributed by atoms with van der Waals surface area (Å²) in [5, 5.41) is 6.08. The van der Waals surface area contributed by atoms with E-state index in [0.717, 1.165) is 23.3 Å². The lowest BCUT2D eigenvalue weighted by molar-refractivity contribution is -0.155. The van der Waals surface area contributed by atoms with E-state index in [1.165, 1.54) is 12.1 Å². The van der Waals surface area contributed by atoms with Gasteiger partial charge in [0.05, 0.1) is 22.9 Å². The maximum atomic E-state index is 13.9. The molecule has 1 heterocycles. The van der Waals surface area contributed by atoms with E-state index in [4.69, 9.17) is 16.3 Å². The average molecular weight is 735 g/mol. The summed E-state index contributed by atoms with van der Waals surface area (Å²) in [5.74, 6) is -2.85. The molecule has 0 unspecified atom stereocenters. The number of pyridine rings is 1. The highest BCUT2D eigenvalue weighted by Crippen LogP contribution is 2.18. The summed E-state index contributed by atoms with van der Waals surface area (Å²) in [6.07, 6.45) is 1.28. The van der Waals surface area contributed by atoms with Crippen LogP contribution in [0.3, 0.4) is 0 Å². The molecule has 3 rings (SSSR count). The molecule has 12 nitrogen and oxygen atoms in total. The number of halogens is 1. The minimum atomic E-state index is -4.21. The number of sulfonamides is 1. The Bertz CT molecular complexity index is 1920. The second-order valence-corrected chi connectivity index (χ2v) is 17.4. The van der Waals surface area contributed by atoms with Crippen LogP contribution in [-0.2, 0) is 45.4 Å². The number of hydrogen-bond acceptors (Lipinski definition) is 9. The molecule has 0 aliphatic heterocycles. The van der Waals surface area contributed by atoms with Gasteiger partial charge in [0.15, 0.2) is 9.84 Å². The SMILES string of the molecule is Cc1ccc(S(=O)(=O)N[C@@H](Cc2ccc3ccccc3n2)C(=O)N[C@H](C(=O)N[C@H](/C=C(\Cl)S(C)(=O)=O)CC(=O)OC(C)(C)C)C(C)C)cc1. The van der Waals surface area contributed by atoms with E-state index in [2.05, 4.69) is 20.3 Å². The summed E-state index contributed by atoms with van der Waals surface area (Å²) in [4.78, 5) is 44.7. The van der Waals surface area contributed by atoms with Crippen LogP contribution in [0.1, 0.15) is 52.3 Å². The Morgan fingerprint density at radius 3 is 2.14 bits per heavy atom. The molecule has 3 aromatic rings. The van der Waals surface area contributed by atoms with Gasteiger partial charge in [-0.2, -0.15) is 4.72 Å². The van der Waals surface area contributed by atoms with E-state index in [1.54, 1.807) is 58.9 Å². The Balaban J connectivity index is 1.93. The number of hydrogen-bond donors (Lipinski definition) is 3. The summed E-state index contributed by atoms with van der Waals surface area (Å²) in [6.45, 7) is 10.1.